The highest BCUT2D eigenvalue weighted by Crippen LogP contribution is 2.34. The predicted octanol–water partition coefficient (Wildman–Crippen LogP) is 20.3. The van der Waals surface area contributed by atoms with Gasteiger partial charge in [-0.25, -0.2) is 46.3 Å². The summed E-state index contributed by atoms with van der Waals surface area (Å²) in [6.07, 6.45) is 11.3. The van der Waals surface area contributed by atoms with E-state index in [2.05, 4.69) is 289 Å². The van der Waals surface area contributed by atoms with Gasteiger partial charge in [0.2, 0.25) is 5.96 Å². The van der Waals surface area contributed by atoms with Crippen molar-refractivity contribution >= 4 is 150 Å². The van der Waals surface area contributed by atoms with Gasteiger partial charge in [0, 0.05) is 133 Å². The van der Waals surface area contributed by atoms with E-state index in [0.717, 1.165) is 133 Å². The van der Waals surface area contributed by atoms with Crippen LogP contribution in [-0.4, -0.2) is 187 Å². The number of aromatic nitrogens is 4. The Balaban J connectivity index is 0.000000208. The van der Waals surface area contributed by atoms with Crippen LogP contribution in [0.4, 0.5) is 46.0 Å². The molecule has 0 aliphatic carbocycles. The number of anilines is 5. The van der Waals surface area contributed by atoms with Gasteiger partial charge < -0.3 is 49.7 Å². The number of nitrogens with zero attached hydrogens (tertiary/aromatic N) is 15. The maximum atomic E-state index is 9.70. The average molecular weight is 1690 g/mol. The predicted molar refractivity (Wildman–Crippen MR) is 493 cm³/mol. The molecule has 27 heteroatoms. The van der Waals surface area contributed by atoms with E-state index in [0.29, 0.717) is 44.7 Å². The standard InChI is InChI=1S/2C22H29ClN4S.C21H28ClN5O.C21H27ClN4S.CH4.H3NO/c2*1-16-15-26(20-19(23)7-6-12-24-20)13-14-27(16)21(28-5)25-18-10-8-17(9-11-18)22(2,3)4;1-15-14-26(19-18(22)6-5-11-23-19)12-13-27(15)20(25-28)24-17-9-7-16(8-10-17)21(2,3)4;1-15-14-25(19-18(22)6-5-11-23-19)12-13-26(15)20(27)24-17-9-7-16(8-10-17)21(2,3)4;;1-2/h2*6-12,16H,13-15H2,1-5H3;5-11,15,28H,12-14H2,1-4H3,(H,24,25);5-11,15H,12-14H2,1-4H3,(H,24,27);1H4;2H,1H2/t2*16-;2*15-;;/m1111../s1. The highest BCUT2D eigenvalue weighted by atomic mass is 35.5. The fourth-order valence-electron chi connectivity index (χ4n) is 13.5. The molecule has 4 aliphatic heterocycles. The summed E-state index contributed by atoms with van der Waals surface area (Å²) in [5.41, 5.74) is 11.9. The Morgan fingerprint density at radius 3 is 0.904 bits per heavy atom. The first kappa shape index (κ1) is 93.5. The van der Waals surface area contributed by atoms with E-state index < -0.39 is 0 Å². The summed E-state index contributed by atoms with van der Waals surface area (Å²) >= 11 is 34.3. The Kier molecular flexibility index (Phi) is 35.2. The summed E-state index contributed by atoms with van der Waals surface area (Å²) in [4.78, 5) is 50.2. The number of guanidine groups is 1. The third-order valence-electron chi connectivity index (χ3n) is 20.0. The summed E-state index contributed by atoms with van der Waals surface area (Å²) in [5.74, 6) is 7.33. The van der Waals surface area contributed by atoms with E-state index in [-0.39, 0.29) is 41.2 Å². The molecule has 4 aromatic carbocycles. The molecule has 4 saturated heterocycles. The largest absolute Gasteiger partial charge is 0.352 e. The number of halogens is 4. The molecule has 4 aromatic heterocycles. The topological polar surface area (TPSA) is 205 Å². The van der Waals surface area contributed by atoms with E-state index in [4.69, 9.17) is 73.8 Å². The van der Waals surface area contributed by atoms with E-state index in [9.17, 15) is 5.21 Å². The van der Waals surface area contributed by atoms with Crippen LogP contribution in [-0.2, 0) is 21.7 Å². The minimum atomic E-state index is 0. The Bertz CT molecular complexity index is 4090. The number of piperazine rings is 4. The third kappa shape index (κ3) is 26.2. The molecule has 616 valence electrons. The third-order valence-corrected chi connectivity index (χ3v) is 22.9. The molecule has 20 nitrogen and oxygen atoms in total. The first-order valence-corrected chi connectivity index (χ1v) is 42.7. The molecule has 114 heavy (non-hydrogen) atoms. The first-order chi connectivity index (χ1) is 53.6. The monoisotopic (exact) mass is 1680 g/mol. The highest BCUT2D eigenvalue weighted by Gasteiger charge is 2.33. The summed E-state index contributed by atoms with van der Waals surface area (Å²) in [6, 6.07) is 49.8. The van der Waals surface area contributed by atoms with Gasteiger partial charge in [0.05, 0.1) is 37.2 Å². The lowest BCUT2D eigenvalue weighted by Gasteiger charge is -2.41. The number of thioether (sulfide) groups is 2. The minimum absolute atomic E-state index is 0. The van der Waals surface area contributed by atoms with Crippen molar-refractivity contribution in [3.05, 3.63) is 213 Å². The van der Waals surface area contributed by atoms with Crippen LogP contribution >= 0.6 is 82.1 Å². The number of rotatable bonds is 8. The van der Waals surface area contributed by atoms with Crippen molar-refractivity contribution in [1.29, 1.82) is 0 Å². The summed E-state index contributed by atoms with van der Waals surface area (Å²) in [7, 11) is 0. The lowest BCUT2D eigenvalue weighted by atomic mass is 9.87. The van der Waals surface area contributed by atoms with Crippen molar-refractivity contribution in [2.24, 2.45) is 20.9 Å². The van der Waals surface area contributed by atoms with Gasteiger partial charge in [0.15, 0.2) is 15.4 Å². The first-order valence-electron chi connectivity index (χ1n) is 38.4. The van der Waals surface area contributed by atoms with Crippen LogP contribution in [0.15, 0.2) is 185 Å². The molecule has 6 N–H and O–H groups in total. The second kappa shape index (κ2) is 43.0. The van der Waals surface area contributed by atoms with Crippen molar-refractivity contribution < 1.29 is 10.4 Å². The molecule has 0 amide bonds. The molecular formula is C87H120Cl4N18O2S3. The molecule has 4 atom stereocenters. The van der Waals surface area contributed by atoms with E-state index in [1.54, 1.807) is 48.3 Å². The molecule has 0 bridgehead atoms. The quantitative estimate of drug-likeness (QED) is 0.0415. The number of benzene rings is 4. The summed E-state index contributed by atoms with van der Waals surface area (Å²) < 4.78 is 0. The van der Waals surface area contributed by atoms with Crippen LogP contribution < -0.4 is 36.3 Å². The smallest absolute Gasteiger partial charge is 0.223 e. The summed E-state index contributed by atoms with van der Waals surface area (Å²) in [5, 5.41) is 25.2. The van der Waals surface area contributed by atoms with Gasteiger partial charge in [-0.05, 0) is 193 Å². The number of hydrogen-bond donors (Lipinski definition) is 5. The van der Waals surface area contributed by atoms with Gasteiger partial charge in [-0.3, -0.25) is 5.21 Å². The van der Waals surface area contributed by atoms with E-state index in [1.165, 1.54) is 22.3 Å². The highest BCUT2D eigenvalue weighted by molar-refractivity contribution is 8.13. The minimum Gasteiger partial charge on any atom is -0.352 e. The SMILES string of the molecule is C.CSC(=Nc1ccc(C(C)(C)C)cc1)N1CCN(c2ncccc2Cl)C[C@H]1C.CSC(=Nc1ccc(C(C)(C)C)cc1)N1CCN(c2ncccc2Cl)C[C@H]1C.C[C@@H]1CN(c2ncccc2Cl)CCN1C(=Nc1ccc(C(C)(C)C)cc1)NO.C[C@@H]1CN(c2ncccc2Cl)CCN1C(=S)Nc1ccc(C(C)(C)C)cc1.NO. The lowest BCUT2D eigenvalue weighted by Crippen LogP contribution is -2.57. The van der Waals surface area contributed by atoms with Crippen LogP contribution in [0.3, 0.4) is 0 Å². The zero-order valence-corrected chi connectivity index (χ0v) is 74.4. The number of nitrogens with one attached hydrogen (secondary N) is 2. The average Bonchev–Trinajstić information content (AvgIpc) is 0.821. The Morgan fingerprint density at radius 1 is 0.404 bits per heavy atom. The number of nitrogens with two attached hydrogens (primary N) is 1. The van der Waals surface area contributed by atoms with Crippen LogP contribution in [0, 0.1) is 0 Å². The Morgan fingerprint density at radius 2 is 0.658 bits per heavy atom. The van der Waals surface area contributed by atoms with Gasteiger partial charge in [-0.1, -0.05) is 209 Å². The van der Waals surface area contributed by atoms with Crippen LogP contribution in [0.2, 0.25) is 20.1 Å². The van der Waals surface area contributed by atoms with Gasteiger partial charge in [-0.2, -0.15) is 0 Å². The number of hydrogen-bond acceptors (Lipinski definition) is 17. The van der Waals surface area contributed by atoms with Crippen molar-refractivity contribution in [3.8, 4) is 0 Å². The fraction of sp³-hybridized carbons (Fsp3) is 0.448. The molecule has 8 heterocycles. The fourth-order valence-corrected chi connectivity index (χ4v) is 16.3. The van der Waals surface area contributed by atoms with Gasteiger partial charge in [0.25, 0.3) is 0 Å². The molecule has 8 aromatic rings. The van der Waals surface area contributed by atoms with E-state index in [1.807, 2.05) is 60.7 Å². The van der Waals surface area contributed by atoms with E-state index >= 15 is 0 Å². The van der Waals surface area contributed by atoms with Crippen molar-refractivity contribution in [2.45, 2.75) is 164 Å². The van der Waals surface area contributed by atoms with Crippen molar-refractivity contribution in [3.63, 3.8) is 0 Å². The van der Waals surface area contributed by atoms with Gasteiger partial charge >= 0.3 is 0 Å². The zero-order chi connectivity index (χ0) is 82.5. The molecule has 4 fully saturated rings. The molecule has 0 unspecified atom stereocenters. The Labute approximate surface area is 713 Å². The molecule has 0 saturated carbocycles. The number of thiocarbonyl (C=S) groups is 1. The second-order valence-electron chi connectivity index (χ2n) is 32.6. The van der Waals surface area contributed by atoms with Crippen LogP contribution in [0.25, 0.3) is 0 Å². The van der Waals surface area contributed by atoms with Gasteiger partial charge in [0.1, 0.15) is 23.3 Å². The maximum Gasteiger partial charge on any atom is 0.223 e. The number of pyridine rings is 4. The lowest BCUT2D eigenvalue weighted by molar-refractivity contribution is 0.192. The summed E-state index contributed by atoms with van der Waals surface area (Å²) in [6.45, 7) is 45.3. The number of hydroxylamine groups is 1. The van der Waals surface area contributed by atoms with Crippen molar-refractivity contribution in [2.75, 3.05) is 116 Å². The number of amidine groups is 2. The second-order valence-corrected chi connectivity index (χ2v) is 36.1. The maximum absolute atomic E-state index is 9.70. The normalized spacial score (nSPS) is 17.9. The molecular weight excluding hydrogens is 1570 g/mol. The number of aliphatic imine (C=N–C) groups is 3. The zero-order valence-electron chi connectivity index (χ0n) is 68.9. The van der Waals surface area contributed by atoms with Crippen molar-refractivity contribution in [1.82, 2.24) is 45.0 Å². The Hall–Kier alpha value is -7.68. The molecule has 4 aliphatic rings. The van der Waals surface area contributed by atoms with Crippen LogP contribution in [0.5, 0.6) is 0 Å². The van der Waals surface area contributed by atoms with Crippen LogP contribution in [0.1, 0.15) is 140 Å². The van der Waals surface area contributed by atoms with Gasteiger partial charge in [-0.15, -0.1) is 0 Å². The molecule has 12 rings (SSSR count). The molecule has 0 radical (unpaired) electrons. The molecule has 0 spiro atoms.